The fourth-order valence-electron chi connectivity index (χ4n) is 4.21. The molecule has 0 radical (unpaired) electrons. The van der Waals surface area contributed by atoms with Gasteiger partial charge in [-0.1, -0.05) is 18.2 Å². The van der Waals surface area contributed by atoms with Crippen LogP contribution in [-0.2, 0) is 5.54 Å². The van der Waals surface area contributed by atoms with Crippen molar-refractivity contribution in [2.24, 2.45) is 0 Å². The molecule has 1 N–H and O–H groups in total. The van der Waals surface area contributed by atoms with Gasteiger partial charge in [-0.2, -0.15) is 5.10 Å². The monoisotopic (exact) mass is 412 g/mol. The molecule has 4 aromatic rings. The van der Waals surface area contributed by atoms with Crippen LogP contribution in [0, 0.1) is 0 Å². The topological polar surface area (TPSA) is 52.0 Å². The number of aromatic nitrogens is 3. The third kappa shape index (κ3) is 3.93. The molecule has 1 unspecified atom stereocenters. The zero-order valence-electron chi connectivity index (χ0n) is 18.3. The molecule has 0 aliphatic carbocycles. The van der Waals surface area contributed by atoms with E-state index in [1.54, 1.807) is 0 Å². The molecular weight excluding hydrogens is 384 g/mol. The highest BCUT2D eigenvalue weighted by Crippen LogP contribution is 2.35. The minimum Gasteiger partial charge on any atom is -0.457 e. The molecule has 3 heterocycles. The highest BCUT2D eigenvalue weighted by Gasteiger charge is 2.24. The second-order valence-corrected chi connectivity index (χ2v) is 9.19. The molecule has 5 rings (SSSR count). The van der Waals surface area contributed by atoms with E-state index in [0.717, 1.165) is 58.9 Å². The van der Waals surface area contributed by atoms with E-state index in [9.17, 15) is 0 Å². The van der Waals surface area contributed by atoms with Gasteiger partial charge in [0.2, 0.25) is 0 Å². The number of benzene rings is 2. The lowest BCUT2D eigenvalue weighted by atomic mass is 10.00. The first-order valence-electron chi connectivity index (χ1n) is 10.9. The van der Waals surface area contributed by atoms with Crippen molar-refractivity contribution in [3.05, 3.63) is 72.6 Å². The van der Waals surface area contributed by atoms with Crippen LogP contribution in [0.25, 0.3) is 22.2 Å². The standard InChI is InChI=1S/C26H28N4O/c1-26(2,3)30-25-20(17-28-30)15-23(19-13-14-27-16-19)29-24(25)18-9-11-22(12-10-18)31-21-7-5-4-6-8-21/h4-12,15,17,19,27H,13-14,16H2,1-3H3. The Kier molecular flexibility index (Phi) is 4.98. The van der Waals surface area contributed by atoms with Crippen LogP contribution in [-0.4, -0.2) is 27.9 Å². The molecule has 1 fully saturated rings. The summed E-state index contributed by atoms with van der Waals surface area (Å²) in [5.41, 5.74) is 4.15. The number of hydrogen-bond acceptors (Lipinski definition) is 4. The highest BCUT2D eigenvalue weighted by molar-refractivity contribution is 5.92. The van der Waals surface area contributed by atoms with Crippen molar-refractivity contribution in [2.75, 3.05) is 13.1 Å². The van der Waals surface area contributed by atoms with Crippen molar-refractivity contribution in [3.8, 4) is 22.8 Å². The number of fused-ring (bicyclic) bond motifs is 1. The summed E-state index contributed by atoms with van der Waals surface area (Å²) in [6.07, 6.45) is 3.10. The first-order valence-corrected chi connectivity index (χ1v) is 10.9. The van der Waals surface area contributed by atoms with Gasteiger partial charge in [0, 0.05) is 29.1 Å². The molecule has 31 heavy (non-hydrogen) atoms. The van der Waals surface area contributed by atoms with Gasteiger partial charge in [-0.25, -0.2) is 0 Å². The van der Waals surface area contributed by atoms with E-state index in [4.69, 9.17) is 14.8 Å². The van der Waals surface area contributed by atoms with E-state index in [-0.39, 0.29) is 5.54 Å². The van der Waals surface area contributed by atoms with Crippen LogP contribution in [0.2, 0.25) is 0 Å². The van der Waals surface area contributed by atoms with Crippen LogP contribution in [0.5, 0.6) is 11.5 Å². The molecule has 5 nitrogen and oxygen atoms in total. The van der Waals surface area contributed by atoms with Crippen molar-refractivity contribution < 1.29 is 4.74 Å². The Morgan fingerprint density at radius 2 is 1.74 bits per heavy atom. The number of para-hydroxylation sites is 1. The summed E-state index contributed by atoms with van der Waals surface area (Å²) in [5, 5.41) is 9.34. The average Bonchev–Trinajstić information content (AvgIpc) is 3.44. The zero-order chi connectivity index (χ0) is 21.4. The van der Waals surface area contributed by atoms with Crippen molar-refractivity contribution in [1.29, 1.82) is 0 Å². The van der Waals surface area contributed by atoms with E-state index in [1.165, 1.54) is 0 Å². The maximum atomic E-state index is 5.98. The Bertz CT molecular complexity index is 1180. The Morgan fingerprint density at radius 3 is 2.42 bits per heavy atom. The summed E-state index contributed by atoms with van der Waals surface area (Å²) in [5.74, 6) is 2.09. The largest absolute Gasteiger partial charge is 0.457 e. The van der Waals surface area contributed by atoms with Gasteiger partial charge < -0.3 is 10.1 Å². The summed E-state index contributed by atoms with van der Waals surface area (Å²) in [6.45, 7) is 8.56. The van der Waals surface area contributed by atoms with E-state index < -0.39 is 0 Å². The van der Waals surface area contributed by atoms with Crippen LogP contribution in [0.15, 0.2) is 66.9 Å². The van der Waals surface area contributed by atoms with Gasteiger partial charge in [0.25, 0.3) is 0 Å². The number of rotatable bonds is 4. The quantitative estimate of drug-likeness (QED) is 0.466. The number of nitrogens with one attached hydrogen (secondary N) is 1. The molecule has 2 aromatic heterocycles. The van der Waals surface area contributed by atoms with Gasteiger partial charge in [0.05, 0.1) is 22.9 Å². The molecule has 0 bridgehead atoms. The summed E-state index contributed by atoms with van der Waals surface area (Å²) >= 11 is 0. The van der Waals surface area contributed by atoms with Gasteiger partial charge >= 0.3 is 0 Å². The zero-order valence-corrected chi connectivity index (χ0v) is 18.3. The molecule has 5 heteroatoms. The van der Waals surface area contributed by atoms with Crippen molar-refractivity contribution in [3.63, 3.8) is 0 Å². The Hall–Kier alpha value is -3.18. The Morgan fingerprint density at radius 1 is 1.00 bits per heavy atom. The maximum absolute atomic E-state index is 5.98. The smallest absolute Gasteiger partial charge is 0.127 e. The number of nitrogens with zero attached hydrogens (tertiary/aromatic N) is 3. The molecule has 0 saturated carbocycles. The van der Waals surface area contributed by atoms with E-state index in [2.05, 4.69) is 49.0 Å². The van der Waals surface area contributed by atoms with E-state index >= 15 is 0 Å². The van der Waals surface area contributed by atoms with Crippen LogP contribution >= 0.6 is 0 Å². The molecule has 0 amide bonds. The van der Waals surface area contributed by atoms with Crippen LogP contribution in [0.4, 0.5) is 0 Å². The Labute approximate surface area is 183 Å². The lowest BCUT2D eigenvalue weighted by Crippen LogP contribution is -2.23. The molecule has 1 atom stereocenters. The predicted octanol–water partition coefficient (Wildman–Crippen LogP) is 5.72. The van der Waals surface area contributed by atoms with E-state index in [1.807, 2.05) is 48.7 Å². The molecule has 158 valence electrons. The third-order valence-corrected chi connectivity index (χ3v) is 5.79. The van der Waals surface area contributed by atoms with Crippen molar-refractivity contribution in [1.82, 2.24) is 20.1 Å². The molecule has 0 spiro atoms. The summed E-state index contributed by atoms with van der Waals surface area (Å²) in [6, 6.07) is 20.3. The fourth-order valence-corrected chi connectivity index (χ4v) is 4.21. The van der Waals surface area contributed by atoms with Crippen LogP contribution in [0.1, 0.15) is 38.8 Å². The summed E-state index contributed by atoms with van der Waals surface area (Å²) < 4.78 is 8.07. The number of pyridine rings is 1. The van der Waals surface area contributed by atoms with Crippen molar-refractivity contribution in [2.45, 2.75) is 38.6 Å². The normalized spacial score (nSPS) is 16.7. The predicted molar refractivity (Wildman–Crippen MR) is 125 cm³/mol. The van der Waals surface area contributed by atoms with Gasteiger partial charge in [-0.05, 0) is 76.2 Å². The van der Waals surface area contributed by atoms with Crippen LogP contribution < -0.4 is 10.1 Å². The van der Waals surface area contributed by atoms with Gasteiger partial charge in [-0.3, -0.25) is 9.67 Å². The lowest BCUT2D eigenvalue weighted by molar-refractivity contribution is 0.368. The first kappa shape index (κ1) is 19.8. The molecule has 1 aliphatic heterocycles. The van der Waals surface area contributed by atoms with Gasteiger partial charge in [-0.15, -0.1) is 0 Å². The van der Waals surface area contributed by atoms with Crippen LogP contribution in [0.3, 0.4) is 0 Å². The van der Waals surface area contributed by atoms with E-state index in [0.29, 0.717) is 5.92 Å². The first-order chi connectivity index (χ1) is 15.0. The lowest BCUT2D eigenvalue weighted by Gasteiger charge is -2.22. The van der Waals surface area contributed by atoms with Crippen molar-refractivity contribution >= 4 is 10.9 Å². The molecule has 1 aliphatic rings. The fraction of sp³-hybridized carbons (Fsp3) is 0.308. The second kappa shape index (κ2) is 7.82. The SMILES string of the molecule is CC(C)(C)n1ncc2cc(C3CCNC3)nc(-c3ccc(Oc4ccccc4)cc3)c21. The molecule has 2 aromatic carbocycles. The minimum atomic E-state index is -0.134. The van der Waals surface area contributed by atoms with Gasteiger partial charge in [0.1, 0.15) is 11.5 Å². The third-order valence-electron chi connectivity index (χ3n) is 5.79. The average molecular weight is 413 g/mol. The summed E-state index contributed by atoms with van der Waals surface area (Å²) in [7, 11) is 0. The minimum absolute atomic E-state index is 0.134. The summed E-state index contributed by atoms with van der Waals surface area (Å²) in [4.78, 5) is 5.17. The second-order valence-electron chi connectivity index (χ2n) is 9.19. The Balaban J connectivity index is 1.59. The van der Waals surface area contributed by atoms with Gasteiger partial charge in [0.15, 0.2) is 0 Å². The number of ether oxygens (including phenoxy) is 1. The maximum Gasteiger partial charge on any atom is 0.127 e. The highest BCUT2D eigenvalue weighted by atomic mass is 16.5. The number of hydrogen-bond donors (Lipinski definition) is 1. The molecule has 1 saturated heterocycles. The molecular formula is C26H28N4O.